The normalized spacial score (nSPS) is 17.3. The number of nitrogens with one attached hydrogen (secondary N) is 1. The van der Waals surface area contributed by atoms with Crippen LogP contribution in [0.25, 0.3) is 10.8 Å². The average molecular weight is 370 g/mol. The molecule has 0 spiro atoms. The van der Waals surface area contributed by atoms with Gasteiger partial charge in [-0.3, -0.25) is 4.79 Å². The van der Waals surface area contributed by atoms with Crippen molar-refractivity contribution in [2.75, 3.05) is 11.9 Å². The van der Waals surface area contributed by atoms with Crippen molar-refractivity contribution in [2.24, 2.45) is 5.92 Å². The molecule has 1 aliphatic rings. The van der Waals surface area contributed by atoms with E-state index in [1.165, 1.54) is 0 Å². The van der Waals surface area contributed by atoms with Crippen molar-refractivity contribution in [3.8, 4) is 5.75 Å². The Hall–Kier alpha value is -2.07. The van der Waals surface area contributed by atoms with E-state index in [2.05, 4.69) is 26.1 Å². The number of fused-ring (bicyclic) bond motifs is 1. The lowest BCUT2D eigenvalue weighted by Crippen LogP contribution is -2.45. The van der Waals surface area contributed by atoms with Crippen molar-refractivity contribution < 1.29 is 14.3 Å². The molecule has 1 fully saturated rings. The molecule has 0 bridgehead atoms. The van der Waals surface area contributed by atoms with Gasteiger partial charge in [0.25, 0.3) is 5.91 Å². The molecule has 1 N–H and O–H groups in total. The maximum atomic E-state index is 13.1. The van der Waals surface area contributed by atoms with Gasteiger partial charge in [0.2, 0.25) is 0 Å². The molecule has 2 atom stereocenters. The second-order valence-corrected chi connectivity index (χ2v) is 7.68. The van der Waals surface area contributed by atoms with Gasteiger partial charge >= 0.3 is 0 Å². The summed E-state index contributed by atoms with van der Waals surface area (Å²) in [6, 6.07) is 11.9. The Balaban J connectivity index is 1.88. The first-order valence-corrected chi connectivity index (χ1v) is 10.1. The van der Waals surface area contributed by atoms with Crippen LogP contribution in [0.1, 0.15) is 53.4 Å². The zero-order valence-electron chi connectivity index (χ0n) is 16.9. The number of ether oxygens (including phenoxy) is 2. The minimum Gasteiger partial charge on any atom is -0.490 e. The predicted octanol–water partition coefficient (Wildman–Crippen LogP) is 5.55. The van der Waals surface area contributed by atoms with Crippen LogP contribution in [-0.4, -0.2) is 24.2 Å². The molecule has 0 radical (unpaired) electrons. The van der Waals surface area contributed by atoms with E-state index in [9.17, 15) is 4.79 Å². The quantitative estimate of drug-likeness (QED) is 0.630. The average Bonchev–Trinajstić information content (AvgIpc) is 3.53. The summed E-state index contributed by atoms with van der Waals surface area (Å²) in [6.45, 7) is 8.77. The Morgan fingerprint density at radius 1 is 1.19 bits per heavy atom. The Morgan fingerprint density at radius 3 is 2.52 bits per heavy atom. The number of benzene rings is 2. The van der Waals surface area contributed by atoms with Crippen LogP contribution in [0.2, 0.25) is 0 Å². The molecule has 0 aliphatic heterocycles. The van der Waals surface area contributed by atoms with Crippen LogP contribution in [0.15, 0.2) is 36.4 Å². The number of hydrogen-bond acceptors (Lipinski definition) is 3. The van der Waals surface area contributed by atoms with Gasteiger partial charge in [-0.1, -0.05) is 38.1 Å². The lowest BCUT2D eigenvalue weighted by Gasteiger charge is -2.29. The summed E-state index contributed by atoms with van der Waals surface area (Å²) < 4.78 is 12.1. The van der Waals surface area contributed by atoms with Crippen LogP contribution in [-0.2, 0) is 9.53 Å². The van der Waals surface area contributed by atoms with Crippen LogP contribution < -0.4 is 10.1 Å². The van der Waals surface area contributed by atoms with Crippen molar-refractivity contribution in [1.29, 1.82) is 0 Å². The van der Waals surface area contributed by atoms with Crippen molar-refractivity contribution in [3.05, 3.63) is 36.4 Å². The first-order chi connectivity index (χ1) is 13.0. The summed E-state index contributed by atoms with van der Waals surface area (Å²) in [5.41, 5.74) is 0.0438. The fourth-order valence-electron chi connectivity index (χ4n) is 3.35. The summed E-state index contributed by atoms with van der Waals surface area (Å²) >= 11 is 0. The summed E-state index contributed by atoms with van der Waals surface area (Å²) in [4.78, 5) is 13.1. The van der Waals surface area contributed by atoms with Crippen molar-refractivity contribution in [2.45, 2.75) is 65.1 Å². The van der Waals surface area contributed by atoms with E-state index in [0.29, 0.717) is 12.5 Å². The van der Waals surface area contributed by atoms with E-state index >= 15 is 0 Å². The lowest BCUT2D eigenvalue weighted by molar-refractivity contribution is -0.142. The molecule has 4 heteroatoms. The van der Waals surface area contributed by atoms with E-state index in [-0.39, 0.29) is 12.0 Å². The van der Waals surface area contributed by atoms with Crippen molar-refractivity contribution in [3.63, 3.8) is 0 Å². The molecule has 4 nitrogen and oxygen atoms in total. The van der Waals surface area contributed by atoms with E-state index in [4.69, 9.17) is 9.47 Å². The van der Waals surface area contributed by atoms with Crippen LogP contribution in [0.5, 0.6) is 5.75 Å². The van der Waals surface area contributed by atoms with Crippen LogP contribution in [0, 0.1) is 5.92 Å². The van der Waals surface area contributed by atoms with Gasteiger partial charge < -0.3 is 14.8 Å². The Bertz CT molecular complexity index is 799. The lowest BCUT2D eigenvalue weighted by atomic mass is 9.98. The zero-order chi connectivity index (χ0) is 19.4. The molecule has 3 rings (SSSR count). The van der Waals surface area contributed by atoms with Gasteiger partial charge in [-0.15, -0.1) is 0 Å². The number of hydrogen-bond donors (Lipinski definition) is 1. The van der Waals surface area contributed by atoms with E-state index in [1.807, 2.05) is 43.3 Å². The fraction of sp³-hybridized carbons (Fsp3) is 0.522. The second kappa shape index (κ2) is 8.30. The molecule has 27 heavy (non-hydrogen) atoms. The minimum absolute atomic E-state index is 0.0563. The number of anilines is 1. The second-order valence-electron chi connectivity index (χ2n) is 7.68. The molecule has 1 amide bonds. The van der Waals surface area contributed by atoms with E-state index in [0.717, 1.165) is 47.9 Å². The van der Waals surface area contributed by atoms with Crippen LogP contribution in [0.3, 0.4) is 0 Å². The molecule has 0 aromatic heterocycles. The smallest absolute Gasteiger partial charge is 0.256 e. The number of amides is 1. The van der Waals surface area contributed by atoms with Gasteiger partial charge in [0.1, 0.15) is 11.4 Å². The third-order valence-electron chi connectivity index (χ3n) is 5.45. The highest BCUT2D eigenvalue weighted by Crippen LogP contribution is 2.43. The summed E-state index contributed by atoms with van der Waals surface area (Å²) in [5.74, 6) is 1.10. The highest BCUT2D eigenvalue weighted by Gasteiger charge is 2.48. The van der Waals surface area contributed by atoms with Gasteiger partial charge in [0, 0.05) is 23.1 Å². The maximum absolute atomic E-state index is 13.1. The largest absolute Gasteiger partial charge is 0.490 e. The Labute approximate surface area is 162 Å². The standard InChI is InChI=1S/C23H31NO3/c1-5-15-26-23(4,17-11-12-17)22(25)24-20-13-14-21(27-16(3)6-2)19-10-8-7-9-18(19)20/h7-10,13-14,16-17H,5-6,11-12,15H2,1-4H3,(H,24,25)/t16-,23-/m0/s1. The number of carbonyl (C=O) groups excluding carboxylic acids is 1. The van der Waals surface area contributed by atoms with Crippen LogP contribution in [0.4, 0.5) is 5.69 Å². The Morgan fingerprint density at radius 2 is 1.89 bits per heavy atom. The first-order valence-electron chi connectivity index (χ1n) is 10.1. The molecule has 0 unspecified atom stereocenters. The monoisotopic (exact) mass is 369 g/mol. The van der Waals surface area contributed by atoms with Gasteiger partial charge in [0.05, 0.1) is 6.10 Å². The highest BCUT2D eigenvalue weighted by molar-refractivity contribution is 6.06. The zero-order valence-corrected chi connectivity index (χ0v) is 16.9. The molecular formula is C23H31NO3. The summed E-state index contributed by atoms with van der Waals surface area (Å²) in [5, 5.41) is 5.13. The molecule has 0 heterocycles. The molecule has 2 aromatic rings. The van der Waals surface area contributed by atoms with Gasteiger partial charge in [0.15, 0.2) is 0 Å². The van der Waals surface area contributed by atoms with Crippen LogP contribution >= 0.6 is 0 Å². The molecular weight excluding hydrogens is 338 g/mol. The van der Waals surface area contributed by atoms with E-state index in [1.54, 1.807) is 0 Å². The topological polar surface area (TPSA) is 47.6 Å². The molecule has 146 valence electrons. The molecule has 1 aliphatic carbocycles. The van der Waals surface area contributed by atoms with Gasteiger partial charge in [-0.25, -0.2) is 0 Å². The van der Waals surface area contributed by atoms with Gasteiger partial charge in [-0.05, 0) is 57.6 Å². The molecule has 2 aromatic carbocycles. The highest BCUT2D eigenvalue weighted by atomic mass is 16.5. The SMILES string of the molecule is CCCO[C@](C)(C(=O)Nc1ccc(O[C@@H](C)CC)c2ccccc12)C1CC1. The first kappa shape index (κ1) is 19.7. The minimum atomic E-state index is -0.761. The summed E-state index contributed by atoms with van der Waals surface area (Å²) in [7, 11) is 0. The molecule has 0 saturated heterocycles. The van der Waals surface area contributed by atoms with Gasteiger partial charge in [-0.2, -0.15) is 0 Å². The maximum Gasteiger partial charge on any atom is 0.256 e. The number of rotatable bonds is 9. The third kappa shape index (κ3) is 4.27. The summed E-state index contributed by atoms with van der Waals surface area (Å²) in [6.07, 6.45) is 4.10. The van der Waals surface area contributed by atoms with Crippen molar-refractivity contribution >= 4 is 22.4 Å². The number of carbonyl (C=O) groups is 1. The van der Waals surface area contributed by atoms with E-state index < -0.39 is 5.60 Å². The molecule has 1 saturated carbocycles. The van der Waals surface area contributed by atoms with Crippen molar-refractivity contribution in [1.82, 2.24) is 0 Å². The third-order valence-corrected chi connectivity index (χ3v) is 5.45. The fourth-order valence-corrected chi connectivity index (χ4v) is 3.35. The predicted molar refractivity (Wildman–Crippen MR) is 110 cm³/mol. The Kier molecular flexibility index (Phi) is 6.05.